The second-order valence-electron chi connectivity index (χ2n) is 6.83. The molecule has 1 unspecified atom stereocenters. The highest BCUT2D eigenvalue weighted by molar-refractivity contribution is 6.30. The number of rotatable bonds is 5. The maximum absolute atomic E-state index is 12.5. The van der Waals surface area contributed by atoms with E-state index in [0.717, 1.165) is 19.4 Å². The molecule has 0 aliphatic carbocycles. The number of piperazine rings is 1. The lowest BCUT2D eigenvalue weighted by Gasteiger charge is -2.41. The summed E-state index contributed by atoms with van der Waals surface area (Å²) in [6, 6.07) is 6.81. The van der Waals surface area contributed by atoms with Crippen LogP contribution in [0.5, 0.6) is 0 Å². The van der Waals surface area contributed by atoms with Crippen molar-refractivity contribution in [1.29, 1.82) is 0 Å². The number of amides is 2. The van der Waals surface area contributed by atoms with E-state index >= 15 is 0 Å². The summed E-state index contributed by atoms with van der Waals surface area (Å²) >= 11 is 5.83. The Morgan fingerprint density at radius 2 is 1.89 bits per heavy atom. The normalized spacial score (nSPS) is 20.2. The van der Waals surface area contributed by atoms with Gasteiger partial charge in [-0.25, -0.2) is 0 Å². The molecule has 1 atom stereocenters. The molecular weight excluding hydrogens is 389 g/mol. The number of benzene rings is 1. The van der Waals surface area contributed by atoms with Crippen LogP contribution in [-0.4, -0.2) is 66.2 Å². The number of ketones is 1. The van der Waals surface area contributed by atoms with Crippen LogP contribution in [0.4, 0.5) is 0 Å². The summed E-state index contributed by atoms with van der Waals surface area (Å²) in [6.45, 7) is 3.14. The highest BCUT2D eigenvalue weighted by Gasteiger charge is 2.31. The SMILES string of the molecule is Cl.O=C(CCC(=O)N1CCCC(N2CCNCC2=O)C1)c1ccc(Cl)cc1. The minimum Gasteiger partial charge on any atom is -0.341 e. The highest BCUT2D eigenvalue weighted by atomic mass is 35.5. The number of likely N-dealkylation sites (tertiary alicyclic amines) is 1. The van der Waals surface area contributed by atoms with Gasteiger partial charge in [0.1, 0.15) is 0 Å². The van der Waals surface area contributed by atoms with Crippen molar-refractivity contribution in [1.82, 2.24) is 15.1 Å². The Bertz CT molecular complexity index is 681. The van der Waals surface area contributed by atoms with E-state index in [1.165, 1.54) is 0 Å². The Hall–Kier alpha value is -1.63. The van der Waals surface area contributed by atoms with Crippen molar-refractivity contribution >= 4 is 41.6 Å². The molecule has 1 N–H and O–H groups in total. The van der Waals surface area contributed by atoms with Crippen LogP contribution in [0.1, 0.15) is 36.0 Å². The first-order valence-electron chi connectivity index (χ1n) is 9.11. The third-order valence-electron chi connectivity index (χ3n) is 5.05. The van der Waals surface area contributed by atoms with Crippen molar-refractivity contribution in [2.24, 2.45) is 0 Å². The number of piperidine rings is 1. The van der Waals surface area contributed by atoms with Gasteiger partial charge in [-0.1, -0.05) is 11.6 Å². The lowest BCUT2D eigenvalue weighted by atomic mass is 10.0. The molecule has 1 aromatic carbocycles. The molecular formula is C19H25Cl2N3O3. The zero-order valence-corrected chi connectivity index (χ0v) is 16.7. The zero-order valence-electron chi connectivity index (χ0n) is 15.2. The number of hydrogen-bond donors (Lipinski definition) is 1. The molecule has 3 rings (SSSR count). The van der Waals surface area contributed by atoms with Gasteiger partial charge in [-0.15, -0.1) is 12.4 Å². The lowest BCUT2D eigenvalue weighted by Crippen LogP contribution is -2.57. The maximum atomic E-state index is 12.5. The second kappa shape index (κ2) is 10.1. The van der Waals surface area contributed by atoms with E-state index in [0.29, 0.717) is 36.8 Å². The van der Waals surface area contributed by atoms with Crippen molar-refractivity contribution in [2.75, 3.05) is 32.7 Å². The maximum Gasteiger partial charge on any atom is 0.236 e. The van der Waals surface area contributed by atoms with Crippen LogP contribution >= 0.6 is 24.0 Å². The number of nitrogens with one attached hydrogen (secondary N) is 1. The van der Waals surface area contributed by atoms with Gasteiger partial charge in [0.15, 0.2) is 5.78 Å². The molecule has 0 radical (unpaired) electrons. The molecule has 148 valence electrons. The Balaban J connectivity index is 0.00000261. The first-order valence-corrected chi connectivity index (χ1v) is 9.49. The van der Waals surface area contributed by atoms with E-state index in [1.807, 2.05) is 4.90 Å². The van der Waals surface area contributed by atoms with E-state index in [1.54, 1.807) is 29.2 Å². The summed E-state index contributed by atoms with van der Waals surface area (Å²) in [5.74, 6) is 0.0360. The van der Waals surface area contributed by atoms with Crippen LogP contribution in [-0.2, 0) is 9.59 Å². The van der Waals surface area contributed by atoms with Gasteiger partial charge in [0, 0.05) is 55.6 Å². The van der Waals surface area contributed by atoms with Gasteiger partial charge in [0.25, 0.3) is 0 Å². The topological polar surface area (TPSA) is 69.7 Å². The molecule has 2 aliphatic rings. The standard InChI is InChI=1S/C19H24ClN3O3.ClH/c20-15-5-3-14(4-6-15)17(24)7-8-18(25)22-10-1-2-16(13-22)23-11-9-21-12-19(23)26;/h3-6,16,21H,1-2,7-13H2;1H. The average Bonchev–Trinajstić information content (AvgIpc) is 2.67. The van der Waals surface area contributed by atoms with Crippen molar-refractivity contribution in [3.05, 3.63) is 34.9 Å². The smallest absolute Gasteiger partial charge is 0.236 e. The first kappa shape index (κ1) is 21.7. The first-order chi connectivity index (χ1) is 12.5. The molecule has 0 spiro atoms. The fourth-order valence-electron chi connectivity index (χ4n) is 3.60. The number of Topliss-reactive ketones (excluding diaryl/α,β-unsaturated/α-hetero) is 1. The Morgan fingerprint density at radius 1 is 1.15 bits per heavy atom. The third kappa shape index (κ3) is 5.67. The van der Waals surface area contributed by atoms with Gasteiger partial charge in [0.05, 0.1) is 6.54 Å². The molecule has 27 heavy (non-hydrogen) atoms. The van der Waals surface area contributed by atoms with Crippen molar-refractivity contribution in [2.45, 2.75) is 31.7 Å². The average molecular weight is 414 g/mol. The monoisotopic (exact) mass is 413 g/mol. The van der Waals surface area contributed by atoms with Gasteiger partial charge in [0.2, 0.25) is 11.8 Å². The molecule has 1 aromatic rings. The summed E-state index contributed by atoms with van der Waals surface area (Å²) in [5, 5.41) is 3.65. The predicted molar refractivity (Wildman–Crippen MR) is 106 cm³/mol. The van der Waals surface area contributed by atoms with Crippen molar-refractivity contribution in [3.8, 4) is 0 Å². The number of hydrogen-bond acceptors (Lipinski definition) is 4. The zero-order chi connectivity index (χ0) is 18.5. The number of carbonyl (C=O) groups is 3. The summed E-state index contributed by atoms with van der Waals surface area (Å²) in [7, 11) is 0. The van der Waals surface area contributed by atoms with Crippen LogP contribution in [0.2, 0.25) is 5.02 Å². The Labute approximate surface area is 170 Å². The number of halogens is 2. The second-order valence-corrected chi connectivity index (χ2v) is 7.27. The minimum absolute atomic E-state index is 0. The molecule has 2 heterocycles. The van der Waals surface area contributed by atoms with Crippen LogP contribution in [0.3, 0.4) is 0 Å². The van der Waals surface area contributed by atoms with Crippen LogP contribution in [0, 0.1) is 0 Å². The van der Waals surface area contributed by atoms with E-state index < -0.39 is 0 Å². The largest absolute Gasteiger partial charge is 0.341 e. The molecule has 2 aliphatic heterocycles. The molecule has 2 saturated heterocycles. The third-order valence-corrected chi connectivity index (χ3v) is 5.30. The van der Waals surface area contributed by atoms with Crippen LogP contribution in [0.25, 0.3) is 0 Å². The van der Waals surface area contributed by atoms with Gasteiger partial charge < -0.3 is 15.1 Å². The minimum atomic E-state index is -0.0548. The lowest BCUT2D eigenvalue weighted by molar-refractivity contribution is -0.140. The fourth-order valence-corrected chi connectivity index (χ4v) is 3.73. The van der Waals surface area contributed by atoms with Gasteiger partial charge in [-0.2, -0.15) is 0 Å². The van der Waals surface area contributed by atoms with E-state index in [9.17, 15) is 14.4 Å². The quantitative estimate of drug-likeness (QED) is 0.750. The molecule has 8 heteroatoms. The molecule has 6 nitrogen and oxygen atoms in total. The van der Waals surface area contributed by atoms with Crippen LogP contribution < -0.4 is 5.32 Å². The molecule has 0 aromatic heterocycles. The summed E-state index contributed by atoms with van der Waals surface area (Å²) in [5.41, 5.74) is 0.574. The fraction of sp³-hybridized carbons (Fsp3) is 0.526. The summed E-state index contributed by atoms with van der Waals surface area (Å²) < 4.78 is 0. The molecule has 2 fully saturated rings. The molecule has 0 saturated carbocycles. The van der Waals surface area contributed by atoms with Crippen molar-refractivity contribution in [3.63, 3.8) is 0 Å². The molecule has 0 bridgehead atoms. The van der Waals surface area contributed by atoms with Crippen molar-refractivity contribution < 1.29 is 14.4 Å². The Kier molecular flexibility index (Phi) is 8.07. The van der Waals surface area contributed by atoms with E-state index in [4.69, 9.17) is 11.6 Å². The van der Waals surface area contributed by atoms with E-state index in [2.05, 4.69) is 5.32 Å². The predicted octanol–water partition coefficient (Wildman–Crippen LogP) is 2.15. The van der Waals surface area contributed by atoms with Gasteiger partial charge in [-0.05, 0) is 37.1 Å². The van der Waals surface area contributed by atoms with E-state index in [-0.39, 0.29) is 48.9 Å². The summed E-state index contributed by atoms with van der Waals surface area (Å²) in [6.07, 6.45) is 2.20. The highest BCUT2D eigenvalue weighted by Crippen LogP contribution is 2.19. The number of carbonyl (C=O) groups excluding carboxylic acids is 3. The van der Waals surface area contributed by atoms with Gasteiger partial charge in [-0.3, -0.25) is 14.4 Å². The summed E-state index contributed by atoms with van der Waals surface area (Å²) in [4.78, 5) is 40.5. The Morgan fingerprint density at radius 3 is 2.59 bits per heavy atom. The van der Waals surface area contributed by atoms with Gasteiger partial charge >= 0.3 is 0 Å². The van der Waals surface area contributed by atoms with Crippen LogP contribution in [0.15, 0.2) is 24.3 Å². The number of nitrogens with zero attached hydrogens (tertiary/aromatic N) is 2. The molecule has 2 amide bonds.